The fraction of sp³-hybridized carbons (Fsp3) is 0.417. The zero-order chi connectivity index (χ0) is 13.8. The number of rotatable bonds is 3. The van der Waals surface area contributed by atoms with E-state index in [0.29, 0.717) is 13.2 Å². The van der Waals surface area contributed by atoms with E-state index in [1.807, 2.05) is 0 Å². The highest BCUT2D eigenvalue weighted by Crippen LogP contribution is 2.21. The number of benzene rings is 1. The van der Waals surface area contributed by atoms with Crippen LogP contribution in [0.5, 0.6) is 0 Å². The standard InChI is InChI=1S/C12H14N2O5/c15-7-9-8-19-6-5-13(9)12(16)10-3-1-2-4-11(10)14(17)18/h1-4,9,15H,5-8H2. The monoisotopic (exact) mass is 266 g/mol. The van der Waals surface area contributed by atoms with Gasteiger partial charge in [-0.2, -0.15) is 0 Å². The lowest BCUT2D eigenvalue weighted by molar-refractivity contribution is -0.385. The van der Waals surface area contributed by atoms with Crippen LogP contribution in [0.15, 0.2) is 24.3 Å². The summed E-state index contributed by atoms with van der Waals surface area (Å²) in [5, 5.41) is 20.1. The molecular weight excluding hydrogens is 252 g/mol. The number of amides is 1. The van der Waals surface area contributed by atoms with Gasteiger partial charge in [0.05, 0.1) is 30.8 Å². The lowest BCUT2D eigenvalue weighted by Crippen LogP contribution is -2.50. The van der Waals surface area contributed by atoms with Crippen molar-refractivity contribution >= 4 is 11.6 Å². The molecule has 19 heavy (non-hydrogen) atoms. The summed E-state index contributed by atoms with van der Waals surface area (Å²) in [5.74, 6) is -0.449. The second kappa shape index (κ2) is 5.77. The third-order valence-electron chi connectivity index (χ3n) is 3.03. The first-order valence-corrected chi connectivity index (χ1v) is 5.88. The van der Waals surface area contributed by atoms with Gasteiger partial charge in [-0.25, -0.2) is 0 Å². The van der Waals surface area contributed by atoms with Crippen LogP contribution in [0, 0.1) is 10.1 Å². The second-order valence-corrected chi connectivity index (χ2v) is 4.18. The summed E-state index contributed by atoms with van der Waals surface area (Å²) in [6.07, 6.45) is 0. The molecule has 0 spiro atoms. The van der Waals surface area contributed by atoms with Gasteiger partial charge in [0, 0.05) is 12.6 Å². The normalized spacial score (nSPS) is 19.2. The number of aliphatic hydroxyl groups excluding tert-OH is 1. The summed E-state index contributed by atoms with van der Waals surface area (Å²) in [5.41, 5.74) is -0.191. The van der Waals surface area contributed by atoms with E-state index in [-0.39, 0.29) is 24.5 Å². The lowest BCUT2D eigenvalue weighted by atomic mass is 10.1. The fourth-order valence-electron chi connectivity index (χ4n) is 2.04. The Morgan fingerprint density at radius 3 is 2.95 bits per heavy atom. The van der Waals surface area contributed by atoms with Gasteiger partial charge in [-0.1, -0.05) is 12.1 Å². The van der Waals surface area contributed by atoms with Crippen LogP contribution in [0.2, 0.25) is 0 Å². The Morgan fingerprint density at radius 2 is 2.26 bits per heavy atom. The van der Waals surface area contributed by atoms with Crippen LogP contribution in [0.4, 0.5) is 5.69 Å². The number of carbonyl (C=O) groups is 1. The van der Waals surface area contributed by atoms with E-state index in [1.54, 1.807) is 6.07 Å². The molecule has 0 radical (unpaired) electrons. The molecule has 102 valence electrons. The van der Waals surface area contributed by atoms with Gasteiger partial charge in [-0.05, 0) is 6.07 Å². The molecule has 0 aliphatic carbocycles. The predicted octanol–water partition coefficient (Wildman–Crippen LogP) is 0.428. The van der Waals surface area contributed by atoms with Crippen molar-refractivity contribution in [2.24, 2.45) is 0 Å². The van der Waals surface area contributed by atoms with Crippen molar-refractivity contribution in [1.82, 2.24) is 4.90 Å². The smallest absolute Gasteiger partial charge is 0.282 e. The number of nitro benzene ring substituents is 1. The molecule has 1 amide bonds. The molecule has 1 saturated heterocycles. The third kappa shape index (κ3) is 2.72. The van der Waals surface area contributed by atoms with Crippen LogP contribution >= 0.6 is 0 Å². The Balaban J connectivity index is 2.30. The van der Waals surface area contributed by atoms with Crippen molar-refractivity contribution in [3.63, 3.8) is 0 Å². The van der Waals surface area contributed by atoms with Crippen LogP contribution in [0.3, 0.4) is 0 Å². The summed E-state index contributed by atoms with van der Waals surface area (Å²) in [4.78, 5) is 24.1. The highest BCUT2D eigenvalue weighted by atomic mass is 16.6. The number of nitrogens with zero attached hydrogens (tertiary/aromatic N) is 2. The Kier molecular flexibility index (Phi) is 4.08. The number of hydrogen-bond donors (Lipinski definition) is 1. The van der Waals surface area contributed by atoms with E-state index < -0.39 is 16.9 Å². The average Bonchev–Trinajstić information content (AvgIpc) is 2.46. The van der Waals surface area contributed by atoms with Crippen molar-refractivity contribution in [3.05, 3.63) is 39.9 Å². The van der Waals surface area contributed by atoms with Gasteiger partial charge < -0.3 is 14.7 Å². The van der Waals surface area contributed by atoms with E-state index in [1.165, 1.54) is 23.1 Å². The largest absolute Gasteiger partial charge is 0.394 e. The quantitative estimate of drug-likeness (QED) is 0.632. The minimum atomic E-state index is -0.582. The topological polar surface area (TPSA) is 92.9 Å². The molecule has 7 heteroatoms. The molecule has 1 N–H and O–H groups in total. The minimum Gasteiger partial charge on any atom is -0.394 e. The highest BCUT2D eigenvalue weighted by Gasteiger charge is 2.31. The molecule has 1 aromatic rings. The Hall–Kier alpha value is -1.99. The molecule has 0 saturated carbocycles. The first-order chi connectivity index (χ1) is 9.15. The van der Waals surface area contributed by atoms with Crippen LogP contribution in [-0.4, -0.2) is 53.2 Å². The number of nitro groups is 1. The summed E-state index contributed by atoms with van der Waals surface area (Å²) in [6, 6.07) is 5.35. The van der Waals surface area contributed by atoms with Gasteiger partial charge in [0.15, 0.2) is 0 Å². The molecule has 1 aliphatic heterocycles. The Labute approximate surface area is 109 Å². The lowest BCUT2D eigenvalue weighted by Gasteiger charge is -2.34. The molecule has 1 heterocycles. The van der Waals surface area contributed by atoms with Crippen molar-refractivity contribution in [2.45, 2.75) is 6.04 Å². The Bertz CT molecular complexity index is 491. The summed E-state index contributed by atoms with van der Waals surface area (Å²) in [6.45, 7) is 0.689. The van der Waals surface area contributed by atoms with Crippen molar-refractivity contribution < 1.29 is 19.6 Å². The van der Waals surface area contributed by atoms with E-state index >= 15 is 0 Å². The molecule has 1 atom stereocenters. The van der Waals surface area contributed by atoms with Gasteiger partial charge in [0.2, 0.25) is 0 Å². The number of carbonyl (C=O) groups excluding carboxylic acids is 1. The van der Waals surface area contributed by atoms with Gasteiger partial charge in [0.25, 0.3) is 11.6 Å². The maximum atomic E-state index is 12.3. The van der Waals surface area contributed by atoms with E-state index in [9.17, 15) is 20.0 Å². The van der Waals surface area contributed by atoms with Gasteiger partial charge >= 0.3 is 0 Å². The molecule has 1 aliphatic rings. The molecule has 7 nitrogen and oxygen atoms in total. The van der Waals surface area contributed by atoms with Crippen molar-refractivity contribution in [1.29, 1.82) is 0 Å². The number of ether oxygens (including phenoxy) is 1. The van der Waals surface area contributed by atoms with Crippen LogP contribution < -0.4 is 0 Å². The molecule has 1 fully saturated rings. The summed E-state index contributed by atoms with van der Waals surface area (Å²) in [7, 11) is 0. The van der Waals surface area contributed by atoms with E-state index in [2.05, 4.69) is 0 Å². The van der Waals surface area contributed by atoms with Crippen LogP contribution in [-0.2, 0) is 4.74 Å². The fourth-order valence-corrected chi connectivity index (χ4v) is 2.04. The molecule has 0 bridgehead atoms. The summed E-state index contributed by atoms with van der Waals surface area (Å²) < 4.78 is 5.18. The molecule has 0 aromatic heterocycles. The third-order valence-corrected chi connectivity index (χ3v) is 3.03. The van der Waals surface area contributed by atoms with Gasteiger partial charge in [0.1, 0.15) is 5.56 Å². The minimum absolute atomic E-state index is 0.0350. The molecule has 2 rings (SSSR count). The highest BCUT2D eigenvalue weighted by molar-refractivity contribution is 5.98. The Morgan fingerprint density at radius 1 is 1.53 bits per heavy atom. The summed E-state index contributed by atoms with van der Waals surface area (Å²) >= 11 is 0. The van der Waals surface area contributed by atoms with Gasteiger partial charge in [-0.15, -0.1) is 0 Å². The number of hydrogen-bond acceptors (Lipinski definition) is 5. The molecule has 1 aromatic carbocycles. The molecule has 1 unspecified atom stereocenters. The van der Waals surface area contributed by atoms with Crippen molar-refractivity contribution in [3.8, 4) is 0 Å². The van der Waals surface area contributed by atoms with E-state index in [0.717, 1.165) is 0 Å². The zero-order valence-electron chi connectivity index (χ0n) is 10.2. The van der Waals surface area contributed by atoms with Crippen LogP contribution in [0.25, 0.3) is 0 Å². The van der Waals surface area contributed by atoms with Gasteiger partial charge in [-0.3, -0.25) is 14.9 Å². The maximum Gasteiger partial charge on any atom is 0.282 e. The maximum absolute atomic E-state index is 12.3. The molecular formula is C12H14N2O5. The first-order valence-electron chi connectivity index (χ1n) is 5.88. The second-order valence-electron chi connectivity index (χ2n) is 4.18. The number of morpholine rings is 1. The zero-order valence-corrected chi connectivity index (χ0v) is 10.2. The number of aliphatic hydroxyl groups is 1. The van der Waals surface area contributed by atoms with E-state index in [4.69, 9.17) is 4.74 Å². The van der Waals surface area contributed by atoms with Crippen molar-refractivity contribution in [2.75, 3.05) is 26.4 Å². The average molecular weight is 266 g/mol. The number of para-hydroxylation sites is 1. The first kappa shape index (κ1) is 13.4. The van der Waals surface area contributed by atoms with Crippen LogP contribution in [0.1, 0.15) is 10.4 Å². The predicted molar refractivity (Wildman–Crippen MR) is 65.8 cm³/mol. The SMILES string of the molecule is O=C(c1ccccc1[N+](=O)[O-])N1CCOCC1CO.